The number of halogens is 2. The van der Waals surface area contributed by atoms with Crippen molar-refractivity contribution in [2.45, 2.75) is 37.3 Å². The maximum absolute atomic E-state index is 13.1. The number of nitrogens with one attached hydrogen (secondary N) is 2. The highest BCUT2D eigenvalue weighted by atomic mass is 35.5. The summed E-state index contributed by atoms with van der Waals surface area (Å²) in [6, 6.07) is 2.31. The lowest BCUT2D eigenvalue weighted by Crippen LogP contribution is -2.56. The maximum atomic E-state index is 13.1. The van der Waals surface area contributed by atoms with Gasteiger partial charge in [0.25, 0.3) is 0 Å². The molecule has 0 saturated carbocycles. The Labute approximate surface area is 168 Å². The average molecular weight is 408 g/mol. The molecule has 1 aromatic heterocycles. The standard InChI is InChI=1S/C17H29N5O2.2ClH/c1-24-13-12-21-10-2-4-15(21)14-19-16(23)17(5-8-18-9-6-17)22-11-3-7-20-22;;/h3,7,11,15,18H,2,4-6,8-10,12-14H2,1H3,(H,19,23);2*1H. The van der Waals surface area contributed by atoms with E-state index in [9.17, 15) is 4.79 Å². The topological polar surface area (TPSA) is 71.4 Å². The molecule has 0 radical (unpaired) electrons. The molecule has 1 atom stereocenters. The predicted molar refractivity (Wildman–Crippen MR) is 106 cm³/mol. The third-order valence-electron chi connectivity index (χ3n) is 5.38. The van der Waals surface area contributed by atoms with Crippen LogP contribution in [0.4, 0.5) is 0 Å². The Morgan fingerprint density at radius 2 is 2.15 bits per heavy atom. The van der Waals surface area contributed by atoms with E-state index in [0.717, 1.165) is 52.0 Å². The van der Waals surface area contributed by atoms with E-state index in [1.807, 2.05) is 16.9 Å². The molecule has 0 aromatic carbocycles. The number of hydrogen-bond acceptors (Lipinski definition) is 5. The summed E-state index contributed by atoms with van der Waals surface area (Å²) in [5, 5.41) is 10.9. The maximum Gasteiger partial charge on any atom is 0.248 e. The molecular formula is C17H31Cl2N5O2. The molecule has 0 bridgehead atoms. The molecule has 26 heavy (non-hydrogen) atoms. The summed E-state index contributed by atoms with van der Waals surface area (Å²) in [5.74, 6) is 0.103. The quantitative estimate of drug-likeness (QED) is 0.706. The van der Waals surface area contributed by atoms with Gasteiger partial charge in [-0.05, 0) is 51.4 Å². The molecular weight excluding hydrogens is 377 g/mol. The largest absolute Gasteiger partial charge is 0.383 e. The fourth-order valence-electron chi connectivity index (χ4n) is 3.93. The molecule has 2 aliphatic rings. The van der Waals surface area contributed by atoms with Crippen LogP contribution >= 0.6 is 24.8 Å². The Morgan fingerprint density at radius 3 is 2.81 bits per heavy atom. The van der Waals surface area contributed by atoms with Crippen LogP contribution in [0.15, 0.2) is 18.5 Å². The first-order valence-corrected chi connectivity index (χ1v) is 8.98. The molecule has 1 unspecified atom stereocenters. The van der Waals surface area contributed by atoms with Gasteiger partial charge in [-0.2, -0.15) is 5.10 Å². The number of piperidine rings is 1. The van der Waals surface area contributed by atoms with E-state index in [1.54, 1.807) is 13.3 Å². The number of hydrogen-bond donors (Lipinski definition) is 2. The SMILES string of the molecule is COCCN1CCCC1CNC(=O)C1(n2cccn2)CCNCC1.Cl.Cl. The average Bonchev–Trinajstić information content (AvgIpc) is 3.30. The minimum absolute atomic E-state index is 0. The number of amides is 1. The predicted octanol–water partition coefficient (Wildman–Crippen LogP) is 1.03. The molecule has 2 fully saturated rings. The molecule has 0 aliphatic carbocycles. The summed E-state index contributed by atoms with van der Waals surface area (Å²) in [7, 11) is 1.73. The number of carbonyl (C=O) groups excluding carboxylic acids is 1. The second-order valence-electron chi connectivity index (χ2n) is 6.77. The number of aromatic nitrogens is 2. The Balaban J connectivity index is 0.00000169. The van der Waals surface area contributed by atoms with Crippen LogP contribution in [0.25, 0.3) is 0 Å². The molecule has 2 aliphatic heterocycles. The zero-order chi connectivity index (χ0) is 16.8. The highest BCUT2D eigenvalue weighted by Crippen LogP contribution is 2.27. The van der Waals surface area contributed by atoms with Crippen LogP contribution in [0.3, 0.4) is 0 Å². The zero-order valence-electron chi connectivity index (χ0n) is 15.4. The van der Waals surface area contributed by atoms with Crippen LogP contribution in [-0.2, 0) is 15.1 Å². The monoisotopic (exact) mass is 407 g/mol. The van der Waals surface area contributed by atoms with E-state index < -0.39 is 5.54 Å². The Hall–Kier alpha value is -0.860. The summed E-state index contributed by atoms with van der Waals surface area (Å²) in [6.45, 7) is 5.17. The third kappa shape index (κ3) is 5.10. The molecule has 9 heteroatoms. The van der Waals surface area contributed by atoms with Crippen LogP contribution in [0.5, 0.6) is 0 Å². The number of ether oxygens (including phenoxy) is 1. The van der Waals surface area contributed by atoms with Crippen molar-refractivity contribution >= 4 is 30.7 Å². The number of rotatable bonds is 7. The van der Waals surface area contributed by atoms with Crippen molar-refractivity contribution in [1.29, 1.82) is 0 Å². The number of carbonyl (C=O) groups is 1. The summed E-state index contributed by atoms with van der Waals surface area (Å²) in [6.07, 6.45) is 7.54. The fraction of sp³-hybridized carbons (Fsp3) is 0.765. The first kappa shape index (κ1) is 23.2. The Bertz CT molecular complexity index is 523. The van der Waals surface area contributed by atoms with Gasteiger partial charge in [-0.25, -0.2) is 0 Å². The molecule has 1 amide bonds. The van der Waals surface area contributed by atoms with Gasteiger partial charge in [0.2, 0.25) is 5.91 Å². The van der Waals surface area contributed by atoms with Crippen molar-refractivity contribution in [1.82, 2.24) is 25.3 Å². The van der Waals surface area contributed by atoms with E-state index in [-0.39, 0.29) is 30.7 Å². The van der Waals surface area contributed by atoms with Gasteiger partial charge in [-0.1, -0.05) is 0 Å². The number of likely N-dealkylation sites (tertiary alicyclic amines) is 1. The van der Waals surface area contributed by atoms with Crippen molar-refractivity contribution in [3.05, 3.63) is 18.5 Å². The van der Waals surface area contributed by atoms with Crippen LogP contribution in [-0.4, -0.2) is 73.1 Å². The number of methoxy groups -OCH3 is 1. The Kier molecular flexibility index (Phi) is 9.89. The zero-order valence-corrected chi connectivity index (χ0v) is 17.0. The third-order valence-corrected chi connectivity index (χ3v) is 5.38. The highest BCUT2D eigenvalue weighted by molar-refractivity contribution is 5.85. The van der Waals surface area contributed by atoms with Crippen molar-refractivity contribution in [3.8, 4) is 0 Å². The van der Waals surface area contributed by atoms with Gasteiger partial charge in [0.1, 0.15) is 5.54 Å². The molecule has 1 aromatic rings. The van der Waals surface area contributed by atoms with Crippen LogP contribution in [0.1, 0.15) is 25.7 Å². The van der Waals surface area contributed by atoms with Crippen LogP contribution < -0.4 is 10.6 Å². The summed E-state index contributed by atoms with van der Waals surface area (Å²) in [4.78, 5) is 15.5. The van der Waals surface area contributed by atoms with Crippen LogP contribution in [0.2, 0.25) is 0 Å². The number of nitrogens with zero attached hydrogens (tertiary/aromatic N) is 3. The van der Waals surface area contributed by atoms with Crippen molar-refractivity contribution < 1.29 is 9.53 Å². The first-order valence-electron chi connectivity index (χ1n) is 8.98. The lowest BCUT2D eigenvalue weighted by molar-refractivity contribution is -0.132. The van der Waals surface area contributed by atoms with E-state index in [4.69, 9.17) is 4.74 Å². The van der Waals surface area contributed by atoms with Gasteiger partial charge < -0.3 is 15.4 Å². The highest BCUT2D eigenvalue weighted by Gasteiger charge is 2.42. The molecule has 0 spiro atoms. The van der Waals surface area contributed by atoms with Crippen molar-refractivity contribution in [3.63, 3.8) is 0 Å². The minimum atomic E-state index is -0.551. The lowest BCUT2D eigenvalue weighted by atomic mass is 9.87. The van der Waals surface area contributed by atoms with E-state index in [2.05, 4.69) is 20.6 Å². The van der Waals surface area contributed by atoms with Gasteiger partial charge in [0, 0.05) is 38.6 Å². The summed E-state index contributed by atoms with van der Waals surface area (Å²) >= 11 is 0. The molecule has 150 valence electrons. The van der Waals surface area contributed by atoms with Gasteiger partial charge >= 0.3 is 0 Å². The summed E-state index contributed by atoms with van der Waals surface area (Å²) in [5.41, 5.74) is -0.551. The van der Waals surface area contributed by atoms with E-state index in [0.29, 0.717) is 12.6 Å². The second kappa shape index (κ2) is 11.1. The molecule has 3 rings (SSSR count). The molecule has 7 nitrogen and oxygen atoms in total. The molecule has 2 saturated heterocycles. The van der Waals surface area contributed by atoms with Crippen LogP contribution in [0, 0.1) is 0 Å². The molecule has 3 heterocycles. The molecule has 2 N–H and O–H groups in total. The lowest BCUT2D eigenvalue weighted by Gasteiger charge is -2.37. The van der Waals surface area contributed by atoms with Crippen molar-refractivity contribution in [2.75, 3.05) is 46.4 Å². The van der Waals surface area contributed by atoms with Gasteiger partial charge in [-0.3, -0.25) is 14.4 Å². The summed E-state index contributed by atoms with van der Waals surface area (Å²) < 4.78 is 7.04. The smallest absolute Gasteiger partial charge is 0.248 e. The Morgan fingerprint density at radius 1 is 1.38 bits per heavy atom. The minimum Gasteiger partial charge on any atom is -0.383 e. The normalized spacial score (nSPS) is 22.3. The van der Waals surface area contributed by atoms with Crippen molar-refractivity contribution in [2.24, 2.45) is 0 Å². The van der Waals surface area contributed by atoms with Gasteiger partial charge in [0.05, 0.1) is 6.61 Å². The van der Waals surface area contributed by atoms with Gasteiger partial charge in [0.15, 0.2) is 0 Å². The fourth-order valence-corrected chi connectivity index (χ4v) is 3.93. The van der Waals surface area contributed by atoms with E-state index in [1.165, 1.54) is 6.42 Å². The van der Waals surface area contributed by atoms with E-state index >= 15 is 0 Å². The second-order valence-corrected chi connectivity index (χ2v) is 6.77. The van der Waals surface area contributed by atoms with Gasteiger partial charge in [-0.15, -0.1) is 24.8 Å². The first-order chi connectivity index (χ1) is 11.8.